The number of benzene rings is 3. The van der Waals surface area contributed by atoms with Crippen molar-refractivity contribution in [2.45, 2.75) is 123 Å². The highest BCUT2D eigenvalue weighted by atomic mass is 35.5. The van der Waals surface area contributed by atoms with Gasteiger partial charge < -0.3 is 15.3 Å². The number of allylic oxidation sites excluding steroid dienone is 2. The molecule has 0 amide bonds. The van der Waals surface area contributed by atoms with E-state index in [1.165, 1.54) is 0 Å². The molecule has 0 unspecified atom stereocenters. The average molecular weight is 603 g/mol. The van der Waals surface area contributed by atoms with Crippen molar-refractivity contribution in [2.24, 2.45) is 0 Å². The minimum absolute atomic E-state index is 0.117. The summed E-state index contributed by atoms with van der Waals surface area (Å²) in [6.07, 6.45) is 0. The van der Waals surface area contributed by atoms with Crippen LogP contribution in [0.5, 0.6) is 17.2 Å². The Morgan fingerprint density at radius 1 is 0.419 bits per heavy atom. The van der Waals surface area contributed by atoms with Gasteiger partial charge in [0.15, 0.2) is 0 Å². The second-order valence-electron chi connectivity index (χ2n) is 14.3. The third-order valence-corrected chi connectivity index (χ3v) is 9.69. The number of hydrogen-bond acceptors (Lipinski definition) is 3. The van der Waals surface area contributed by atoms with Crippen molar-refractivity contribution in [2.75, 3.05) is 0 Å². The van der Waals surface area contributed by atoms with Crippen LogP contribution in [0.4, 0.5) is 0 Å². The molecule has 0 aliphatic heterocycles. The van der Waals surface area contributed by atoms with Crippen LogP contribution in [-0.4, -0.2) is 15.3 Å². The predicted octanol–water partition coefficient (Wildman–Crippen LogP) is 11.6. The number of aromatic hydroxyl groups is 3. The summed E-state index contributed by atoms with van der Waals surface area (Å²) < 4.78 is 0. The quantitative estimate of drug-likeness (QED) is 0.213. The summed E-state index contributed by atoms with van der Waals surface area (Å²) >= 11 is 7.90. The van der Waals surface area contributed by atoms with Gasteiger partial charge >= 0.3 is 0 Å². The van der Waals surface area contributed by atoms with E-state index in [1.54, 1.807) is 0 Å². The Labute approximate surface area is 264 Å². The molecule has 0 atom stereocenters. The minimum Gasteiger partial charge on any atom is -0.507 e. The number of rotatable bonds is 9. The Kier molecular flexibility index (Phi) is 9.12. The maximum atomic E-state index is 11.2. The molecule has 0 saturated carbocycles. The fourth-order valence-electron chi connectivity index (χ4n) is 6.40. The summed E-state index contributed by atoms with van der Waals surface area (Å²) in [5.41, 5.74) is 10.4. The van der Waals surface area contributed by atoms with Gasteiger partial charge in [0.2, 0.25) is 0 Å². The average Bonchev–Trinajstić information content (AvgIpc) is 3.54. The molecule has 0 spiro atoms. The maximum absolute atomic E-state index is 11.2. The van der Waals surface area contributed by atoms with Gasteiger partial charge in [-0.05, 0) is 133 Å². The van der Waals surface area contributed by atoms with Gasteiger partial charge in [-0.25, -0.2) is 0 Å². The smallest absolute Gasteiger partial charge is 0.122 e. The molecule has 3 nitrogen and oxygen atoms in total. The van der Waals surface area contributed by atoms with E-state index in [4.69, 9.17) is 11.6 Å². The fraction of sp³-hybridized carbons (Fsp3) is 0.487. The first-order valence-electron chi connectivity index (χ1n) is 16.0. The Hall–Kier alpha value is -2.91. The molecule has 0 fully saturated rings. The van der Waals surface area contributed by atoms with Gasteiger partial charge in [-0.2, -0.15) is 0 Å². The van der Waals surface area contributed by atoms with Gasteiger partial charge in [0.1, 0.15) is 22.1 Å². The van der Waals surface area contributed by atoms with Gasteiger partial charge in [-0.15, -0.1) is 11.6 Å². The maximum Gasteiger partial charge on any atom is 0.122 e. The first kappa shape index (κ1) is 33.0. The van der Waals surface area contributed by atoms with E-state index in [-0.39, 0.29) is 35.5 Å². The van der Waals surface area contributed by atoms with Crippen molar-refractivity contribution in [3.8, 4) is 17.2 Å². The third-order valence-electron chi connectivity index (χ3n) is 9.09. The van der Waals surface area contributed by atoms with Crippen LogP contribution in [0.3, 0.4) is 0 Å². The largest absolute Gasteiger partial charge is 0.507 e. The lowest BCUT2D eigenvalue weighted by Crippen LogP contribution is -2.09. The fourth-order valence-corrected chi connectivity index (χ4v) is 6.87. The summed E-state index contributed by atoms with van der Waals surface area (Å²) in [6.45, 7) is 25.2. The number of hydrogen-bond donors (Lipinski definition) is 3. The highest BCUT2D eigenvalue weighted by Gasteiger charge is 2.55. The van der Waals surface area contributed by atoms with E-state index in [0.717, 1.165) is 61.2 Å². The second-order valence-corrected chi connectivity index (χ2v) is 14.9. The summed E-state index contributed by atoms with van der Waals surface area (Å²) in [5, 5.41) is 33.7. The van der Waals surface area contributed by atoms with Crippen LogP contribution in [0.15, 0.2) is 36.4 Å². The number of halogens is 1. The summed E-state index contributed by atoms with van der Waals surface area (Å²) in [7, 11) is 0. The van der Waals surface area contributed by atoms with Crippen molar-refractivity contribution in [1.82, 2.24) is 0 Å². The van der Waals surface area contributed by atoms with E-state index < -0.39 is 4.87 Å². The highest BCUT2D eigenvalue weighted by Crippen LogP contribution is 2.68. The van der Waals surface area contributed by atoms with E-state index in [2.05, 4.69) is 119 Å². The Morgan fingerprint density at radius 3 is 0.837 bits per heavy atom. The molecule has 1 aliphatic carbocycles. The second kappa shape index (κ2) is 11.9. The summed E-state index contributed by atoms with van der Waals surface area (Å²) in [5.74, 6) is 1.83. The predicted molar refractivity (Wildman–Crippen MR) is 183 cm³/mol. The summed E-state index contributed by atoms with van der Waals surface area (Å²) in [4.78, 5) is -0.931. The first-order valence-corrected chi connectivity index (χ1v) is 16.4. The van der Waals surface area contributed by atoms with Gasteiger partial charge in [0, 0.05) is 0 Å². The van der Waals surface area contributed by atoms with Gasteiger partial charge in [0.25, 0.3) is 0 Å². The molecule has 3 N–H and O–H groups in total. The van der Waals surface area contributed by atoms with Gasteiger partial charge in [-0.3, -0.25) is 0 Å². The molecule has 1 aliphatic rings. The normalized spacial score (nSPS) is 14.9. The number of phenolic OH excluding ortho intramolecular Hbond substituents is 3. The molecule has 0 radical (unpaired) electrons. The van der Waals surface area contributed by atoms with Crippen molar-refractivity contribution in [1.29, 1.82) is 0 Å². The lowest BCUT2D eigenvalue weighted by Gasteiger charge is -2.23. The molecule has 4 heteroatoms. The Morgan fingerprint density at radius 2 is 0.628 bits per heavy atom. The molecule has 0 saturated heterocycles. The van der Waals surface area contributed by atoms with Gasteiger partial charge in [0.05, 0.1) is 0 Å². The van der Waals surface area contributed by atoms with E-state index >= 15 is 0 Å². The zero-order chi connectivity index (χ0) is 32.3. The molecule has 43 heavy (non-hydrogen) atoms. The van der Waals surface area contributed by atoms with E-state index in [9.17, 15) is 15.3 Å². The zero-order valence-electron chi connectivity index (χ0n) is 28.1. The van der Waals surface area contributed by atoms with Crippen LogP contribution in [0, 0.1) is 0 Å². The molecular weight excluding hydrogens is 552 g/mol. The standard InChI is InChI=1S/C39H51ClO3/c1-19(2)28-13-25(14-29(20(3)4)36(28)41)34-35(26-15-30(21(5)6)37(42)31(16-26)22(7)8)39(34,40)27-17-32(23(9)10)38(43)33(18-27)24(11)12/h13-24,41-43H,1-12H3. The minimum atomic E-state index is -0.931. The molecule has 0 heterocycles. The van der Waals surface area contributed by atoms with E-state index in [1.807, 2.05) is 0 Å². The van der Waals surface area contributed by atoms with Crippen LogP contribution in [-0.2, 0) is 4.87 Å². The monoisotopic (exact) mass is 602 g/mol. The van der Waals surface area contributed by atoms with Crippen molar-refractivity contribution >= 4 is 22.7 Å². The molecule has 0 aromatic heterocycles. The molecular formula is C39H51ClO3. The van der Waals surface area contributed by atoms with Crippen LogP contribution in [0.25, 0.3) is 11.1 Å². The first-order chi connectivity index (χ1) is 19.9. The highest BCUT2D eigenvalue weighted by molar-refractivity contribution is 6.48. The number of alkyl halides is 1. The number of phenols is 3. The molecule has 232 valence electrons. The van der Waals surface area contributed by atoms with E-state index in [0.29, 0.717) is 17.2 Å². The Balaban J connectivity index is 2.12. The van der Waals surface area contributed by atoms with Crippen molar-refractivity contribution in [3.63, 3.8) is 0 Å². The zero-order valence-corrected chi connectivity index (χ0v) is 28.9. The van der Waals surface area contributed by atoms with Crippen LogP contribution in [0.2, 0.25) is 0 Å². The Bertz CT molecular complexity index is 1400. The molecule has 3 aromatic rings. The van der Waals surface area contributed by atoms with Crippen LogP contribution in [0.1, 0.15) is 169 Å². The van der Waals surface area contributed by atoms with Crippen molar-refractivity contribution < 1.29 is 15.3 Å². The lowest BCUT2D eigenvalue weighted by molar-refractivity contribution is 0.453. The van der Waals surface area contributed by atoms with Crippen molar-refractivity contribution in [3.05, 3.63) is 86.5 Å². The van der Waals surface area contributed by atoms with Crippen LogP contribution >= 0.6 is 11.6 Å². The molecule has 4 rings (SSSR count). The molecule has 3 aromatic carbocycles. The molecule has 0 bridgehead atoms. The third kappa shape index (κ3) is 5.70. The SMILES string of the molecule is CC(C)c1cc(C2=C(c3cc(C(C)C)c(O)c(C(C)C)c3)C2(Cl)c2cc(C(C)C)c(O)c(C(C)C)c2)cc(C(C)C)c1O. The topological polar surface area (TPSA) is 60.7 Å². The lowest BCUT2D eigenvalue weighted by atomic mass is 9.86. The van der Waals surface area contributed by atoms with Crippen LogP contribution < -0.4 is 0 Å². The summed E-state index contributed by atoms with van der Waals surface area (Å²) in [6, 6.07) is 12.6. The van der Waals surface area contributed by atoms with Gasteiger partial charge in [-0.1, -0.05) is 83.1 Å².